The molecule has 6 heteroatoms. The summed E-state index contributed by atoms with van der Waals surface area (Å²) in [6.07, 6.45) is 6.13. The Morgan fingerprint density at radius 1 is 1.27 bits per heavy atom. The number of benzene rings is 1. The Morgan fingerprint density at radius 3 is 2.64 bits per heavy atom. The first-order chi connectivity index (χ1) is 10.4. The molecule has 0 spiro atoms. The lowest BCUT2D eigenvalue weighted by atomic mass is 9.80. The third kappa shape index (κ3) is 3.41. The number of H-pyrrole nitrogens is 1. The maximum atomic E-state index is 10.8. The third-order valence-electron chi connectivity index (χ3n) is 3.41. The van der Waals surface area contributed by atoms with Gasteiger partial charge in [0.05, 0.1) is 22.8 Å². The van der Waals surface area contributed by atoms with E-state index in [0.717, 1.165) is 11.0 Å². The van der Waals surface area contributed by atoms with Crippen molar-refractivity contribution >= 4 is 23.0 Å². The summed E-state index contributed by atoms with van der Waals surface area (Å²) < 4.78 is 0. The number of imidazole rings is 1. The minimum atomic E-state index is -1.08. The van der Waals surface area contributed by atoms with Crippen LogP contribution in [0.25, 0.3) is 11.0 Å². The summed E-state index contributed by atoms with van der Waals surface area (Å²) in [6.45, 7) is 1.50. The number of rotatable bonds is 2. The van der Waals surface area contributed by atoms with E-state index < -0.39 is 17.4 Å². The molecule has 0 bridgehead atoms. The first-order valence-corrected chi connectivity index (χ1v) is 6.65. The van der Waals surface area contributed by atoms with Crippen LogP contribution in [-0.2, 0) is 9.59 Å². The fourth-order valence-corrected chi connectivity index (χ4v) is 2.06. The van der Waals surface area contributed by atoms with Gasteiger partial charge < -0.3 is 15.2 Å². The lowest BCUT2D eigenvalue weighted by Crippen LogP contribution is -2.28. The Labute approximate surface area is 126 Å². The van der Waals surface area contributed by atoms with Gasteiger partial charge in [0.25, 0.3) is 0 Å². The molecule has 0 amide bonds. The molecule has 0 radical (unpaired) electrons. The van der Waals surface area contributed by atoms with Crippen LogP contribution in [0.2, 0.25) is 0 Å². The summed E-state index contributed by atoms with van der Waals surface area (Å²) in [7, 11) is 0. The molecule has 2 aromatic rings. The molecular weight excluding hydrogens is 284 g/mol. The molecule has 1 heterocycles. The molecule has 22 heavy (non-hydrogen) atoms. The van der Waals surface area contributed by atoms with Gasteiger partial charge in [-0.2, -0.15) is 0 Å². The number of carboxylic acid groups (broad SMARTS) is 2. The summed E-state index contributed by atoms with van der Waals surface area (Å²) in [4.78, 5) is 28.4. The van der Waals surface area contributed by atoms with E-state index in [1.807, 2.05) is 24.3 Å². The summed E-state index contributed by atoms with van der Waals surface area (Å²) >= 11 is 0. The quantitative estimate of drug-likeness (QED) is 0.791. The Balaban J connectivity index is 0.000000170. The summed E-state index contributed by atoms with van der Waals surface area (Å²) in [6, 6.07) is 7.94. The monoisotopic (exact) mass is 300 g/mol. The number of hydrogen-bond donors (Lipinski definition) is 3. The highest BCUT2D eigenvalue weighted by Crippen LogP contribution is 2.31. The molecular formula is C16H16N2O4. The van der Waals surface area contributed by atoms with Gasteiger partial charge in [-0.25, -0.2) is 9.78 Å². The minimum Gasteiger partial charge on any atom is -0.481 e. The fraction of sp³-hybridized carbons (Fsp3) is 0.188. The van der Waals surface area contributed by atoms with Crippen molar-refractivity contribution in [2.24, 2.45) is 5.41 Å². The molecule has 0 fully saturated rings. The Hall–Kier alpha value is -2.89. The molecule has 6 nitrogen and oxygen atoms in total. The zero-order valence-corrected chi connectivity index (χ0v) is 12.0. The molecule has 1 aromatic heterocycles. The van der Waals surface area contributed by atoms with Crippen LogP contribution in [0.1, 0.15) is 13.3 Å². The zero-order valence-electron chi connectivity index (χ0n) is 12.0. The topological polar surface area (TPSA) is 103 Å². The average Bonchev–Trinajstić information content (AvgIpc) is 2.96. The molecule has 1 atom stereocenters. The van der Waals surface area contributed by atoms with Crippen LogP contribution in [-0.4, -0.2) is 32.1 Å². The number of hydrogen-bond acceptors (Lipinski definition) is 3. The van der Waals surface area contributed by atoms with Crippen molar-refractivity contribution in [2.75, 3.05) is 0 Å². The SMILES string of the molecule is CC1(C(=O)O)C=CC=C(C(=O)O)C1.c1ccc2[nH]cnc2c1. The molecule has 3 N–H and O–H groups in total. The van der Waals surface area contributed by atoms with E-state index in [1.54, 1.807) is 6.33 Å². The number of allylic oxidation sites excluding steroid dienone is 2. The minimum absolute atomic E-state index is 0.0359. The van der Waals surface area contributed by atoms with Gasteiger partial charge in [0.15, 0.2) is 0 Å². The molecule has 0 saturated heterocycles. The van der Waals surface area contributed by atoms with E-state index in [-0.39, 0.29) is 12.0 Å². The van der Waals surface area contributed by atoms with Crippen molar-refractivity contribution in [2.45, 2.75) is 13.3 Å². The Kier molecular flexibility index (Phi) is 4.41. The number of nitrogens with one attached hydrogen (secondary N) is 1. The molecule has 1 aliphatic rings. The largest absolute Gasteiger partial charge is 0.481 e. The van der Waals surface area contributed by atoms with E-state index >= 15 is 0 Å². The van der Waals surface area contributed by atoms with Gasteiger partial charge in [0, 0.05) is 5.57 Å². The molecule has 3 rings (SSSR count). The molecule has 1 aliphatic carbocycles. The van der Waals surface area contributed by atoms with Gasteiger partial charge in [-0.3, -0.25) is 4.79 Å². The molecule has 0 aliphatic heterocycles. The number of carbonyl (C=O) groups is 2. The van der Waals surface area contributed by atoms with E-state index in [2.05, 4.69) is 9.97 Å². The number of nitrogens with zero attached hydrogens (tertiary/aromatic N) is 1. The van der Waals surface area contributed by atoms with Gasteiger partial charge >= 0.3 is 11.9 Å². The lowest BCUT2D eigenvalue weighted by molar-refractivity contribution is -0.145. The van der Waals surface area contributed by atoms with Crippen LogP contribution in [0, 0.1) is 5.41 Å². The second-order valence-electron chi connectivity index (χ2n) is 5.18. The second kappa shape index (κ2) is 6.26. The van der Waals surface area contributed by atoms with Crippen molar-refractivity contribution in [1.82, 2.24) is 9.97 Å². The van der Waals surface area contributed by atoms with Gasteiger partial charge in [0.2, 0.25) is 0 Å². The van der Waals surface area contributed by atoms with Crippen LogP contribution in [0.15, 0.2) is 54.4 Å². The van der Waals surface area contributed by atoms with Gasteiger partial charge in [0.1, 0.15) is 0 Å². The number of fused-ring (bicyclic) bond motifs is 1. The van der Waals surface area contributed by atoms with Crippen LogP contribution < -0.4 is 0 Å². The lowest BCUT2D eigenvalue weighted by Gasteiger charge is -2.23. The van der Waals surface area contributed by atoms with E-state index in [9.17, 15) is 9.59 Å². The predicted molar refractivity (Wildman–Crippen MR) is 81.3 cm³/mol. The standard InChI is InChI=1S/C9H10O4.C7H6N2/c1-9(8(12)13)4-2-3-6(5-9)7(10)11;1-2-4-7-6(3-1)8-5-9-7/h2-4H,5H2,1H3,(H,10,11)(H,12,13);1-5H,(H,8,9). The van der Waals surface area contributed by atoms with Gasteiger partial charge in [-0.15, -0.1) is 0 Å². The summed E-state index contributed by atoms with van der Waals surface area (Å²) in [5, 5.41) is 17.5. The Bertz CT molecular complexity index is 730. The highest BCUT2D eigenvalue weighted by atomic mass is 16.4. The second-order valence-corrected chi connectivity index (χ2v) is 5.18. The third-order valence-corrected chi connectivity index (χ3v) is 3.41. The number of aliphatic carboxylic acids is 2. The van der Waals surface area contributed by atoms with Crippen molar-refractivity contribution in [3.05, 3.63) is 54.4 Å². The maximum Gasteiger partial charge on any atom is 0.331 e. The number of aromatic nitrogens is 2. The fourth-order valence-electron chi connectivity index (χ4n) is 2.06. The average molecular weight is 300 g/mol. The molecule has 114 valence electrons. The first kappa shape index (κ1) is 15.5. The Morgan fingerprint density at radius 2 is 2.00 bits per heavy atom. The van der Waals surface area contributed by atoms with E-state index in [1.165, 1.54) is 25.2 Å². The van der Waals surface area contributed by atoms with Crippen LogP contribution in [0.5, 0.6) is 0 Å². The first-order valence-electron chi connectivity index (χ1n) is 6.65. The molecule has 0 saturated carbocycles. The number of aromatic amines is 1. The highest BCUT2D eigenvalue weighted by molar-refractivity contribution is 5.90. The van der Waals surface area contributed by atoms with Crippen molar-refractivity contribution < 1.29 is 19.8 Å². The predicted octanol–water partition coefficient (Wildman–Crippen LogP) is 2.61. The van der Waals surface area contributed by atoms with E-state index in [4.69, 9.17) is 10.2 Å². The van der Waals surface area contributed by atoms with E-state index in [0.29, 0.717) is 0 Å². The van der Waals surface area contributed by atoms with Crippen molar-refractivity contribution in [3.8, 4) is 0 Å². The number of carboxylic acids is 2. The highest BCUT2D eigenvalue weighted by Gasteiger charge is 2.34. The van der Waals surface area contributed by atoms with Crippen molar-refractivity contribution in [3.63, 3.8) is 0 Å². The molecule has 1 unspecified atom stereocenters. The van der Waals surface area contributed by atoms with Crippen molar-refractivity contribution in [1.29, 1.82) is 0 Å². The zero-order chi connectivity index (χ0) is 16.2. The van der Waals surface area contributed by atoms with Crippen LogP contribution in [0.4, 0.5) is 0 Å². The van der Waals surface area contributed by atoms with Gasteiger partial charge in [-0.1, -0.05) is 30.4 Å². The van der Waals surface area contributed by atoms with Crippen LogP contribution in [0.3, 0.4) is 0 Å². The number of para-hydroxylation sites is 2. The maximum absolute atomic E-state index is 10.8. The summed E-state index contributed by atoms with van der Waals surface area (Å²) in [5.74, 6) is -2.06. The van der Waals surface area contributed by atoms with Gasteiger partial charge in [-0.05, 0) is 25.5 Å². The van der Waals surface area contributed by atoms with Crippen LogP contribution >= 0.6 is 0 Å². The normalized spacial score (nSPS) is 20.0. The summed E-state index contributed by atoms with van der Waals surface area (Å²) in [5.41, 5.74) is 1.17. The smallest absolute Gasteiger partial charge is 0.331 e. The molecule has 1 aromatic carbocycles.